The lowest BCUT2D eigenvalue weighted by atomic mass is 10.2. The Hall–Kier alpha value is -2.67. The molecule has 0 saturated carbocycles. The zero-order valence-electron chi connectivity index (χ0n) is 13.9. The van der Waals surface area contributed by atoms with Gasteiger partial charge < -0.3 is 9.64 Å². The van der Waals surface area contributed by atoms with Gasteiger partial charge in [-0.05, 0) is 36.4 Å². The summed E-state index contributed by atoms with van der Waals surface area (Å²) in [5.41, 5.74) is 1.40. The molecule has 0 fully saturated rings. The summed E-state index contributed by atoms with van der Waals surface area (Å²) in [7, 11) is 5.08. The zero-order valence-corrected chi connectivity index (χ0v) is 14.7. The summed E-state index contributed by atoms with van der Waals surface area (Å²) in [5.74, 6) is 0.781. The van der Waals surface area contributed by atoms with Crippen molar-refractivity contribution in [3.05, 3.63) is 54.1 Å². The van der Waals surface area contributed by atoms with Gasteiger partial charge in [-0.15, -0.1) is 22.6 Å². The molecule has 1 aromatic heterocycles. The van der Waals surface area contributed by atoms with E-state index in [1.807, 2.05) is 7.05 Å². The molecule has 132 valence electrons. The predicted octanol–water partition coefficient (Wildman–Crippen LogP) is 3.96. The number of aromatic nitrogens is 3. The molecule has 0 saturated heterocycles. The van der Waals surface area contributed by atoms with Crippen molar-refractivity contribution in [3.8, 4) is 17.1 Å². The second-order valence-corrected chi connectivity index (χ2v) is 5.26. The second-order valence-electron chi connectivity index (χ2n) is 5.26. The van der Waals surface area contributed by atoms with Gasteiger partial charge in [0.15, 0.2) is 5.82 Å². The topological polar surface area (TPSA) is 43.2 Å². The molecule has 3 rings (SSSR count). The number of halogens is 3. The van der Waals surface area contributed by atoms with Gasteiger partial charge >= 0.3 is 0 Å². The number of ether oxygens (including phenoxy) is 1. The van der Waals surface area contributed by atoms with Crippen LogP contribution in [0.15, 0.2) is 42.5 Å². The van der Waals surface area contributed by atoms with E-state index in [0.29, 0.717) is 23.1 Å². The van der Waals surface area contributed by atoms with Crippen LogP contribution in [0, 0.1) is 11.6 Å². The van der Waals surface area contributed by atoms with Crippen molar-refractivity contribution < 1.29 is 13.5 Å². The lowest BCUT2D eigenvalue weighted by Gasteiger charge is -2.18. The van der Waals surface area contributed by atoms with Gasteiger partial charge in [-0.3, -0.25) is 4.57 Å². The van der Waals surface area contributed by atoms with Crippen LogP contribution in [0.4, 0.5) is 20.4 Å². The molecule has 0 aliphatic heterocycles. The van der Waals surface area contributed by atoms with Gasteiger partial charge in [0.05, 0.1) is 12.7 Å². The van der Waals surface area contributed by atoms with E-state index in [1.165, 1.54) is 31.4 Å². The molecule has 0 bridgehead atoms. The minimum absolute atomic E-state index is 0. The molecule has 0 aliphatic rings. The second kappa shape index (κ2) is 7.48. The average Bonchev–Trinajstić information content (AvgIpc) is 2.96. The van der Waals surface area contributed by atoms with Crippen LogP contribution in [0.3, 0.4) is 0 Å². The van der Waals surface area contributed by atoms with Gasteiger partial charge in [0.1, 0.15) is 17.4 Å². The molecule has 8 heteroatoms. The Balaban J connectivity index is 0.00000225. The minimum atomic E-state index is -0.388. The van der Waals surface area contributed by atoms with Crippen molar-refractivity contribution in [2.45, 2.75) is 0 Å². The summed E-state index contributed by atoms with van der Waals surface area (Å²) in [6.07, 6.45) is 0. The first-order chi connectivity index (χ1) is 11.5. The highest BCUT2D eigenvalue weighted by atomic mass is 35.5. The third-order valence-corrected chi connectivity index (χ3v) is 3.77. The van der Waals surface area contributed by atoms with Crippen molar-refractivity contribution in [1.82, 2.24) is 14.8 Å². The Morgan fingerprint density at radius 2 is 1.64 bits per heavy atom. The van der Waals surface area contributed by atoms with Gasteiger partial charge in [-0.1, -0.05) is 0 Å². The molecular formula is C17H17ClF2N4O. The first kappa shape index (κ1) is 18.7. The Labute approximate surface area is 150 Å². The average molecular weight is 367 g/mol. The standard InChI is InChI=1S/C17H16F2N4O.ClH/c1-22(13-7-4-11(18)5-8-13)17-21-20-16(23(17)2)14-9-6-12(19)10-15(14)24-3;/h4-10H,1-3H3;1H. The minimum Gasteiger partial charge on any atom is -0.496 e. The van der Waals surface area contributed by atoms with Crippen LogP contribution in [0.1, 0.15) is 0 Å². The van der Waals surface area contributed by atoms with Gasteiger partial charge in [-0.25, -0.2) is 8.78 Å². The first-order valence-electron chi connectivity index (χ1n) is 7.24. The number of anilines is 2. The van der Waals surface area contributed by atoms with Crippen molar-refractivity contribution in [3.63, 3.8) is 0 Å². The van der Waals surface area contributed by atoms with E-state index in [9.17, 15) is 8.78 Å². The monoisotopic (exact) mass is 366 g/mol. The molecule has 25 heavy (non-hydrogen) atoms. The van der Waals surface area contributed by atoms with Gasteiger partial charge in [-0.2, -0.15) is 0 Å². The van der Waals surface area contributed by atoms with Crippen LogP contribution >= 0.6 is 12.4 Å². The van der Waals surface area contributed by atoms with Gasteiger partial charge in [0.2, 0.25) is 5.95 Å². The Morgan fingerprint density at radius 1 is 1.00 bits per heavy atom. The number of rotatable bonds is 4. The number of methoxy groups -OCH3 is 1. The molecule has 0 atom stereocenters. The largest absolute Gasteiger partial charge is 0.496 e. The molecule has 0 aliphatic carbocycles. The summed E-state index contributed by atoms with van der Waals surface area (Å²) < 4.78 is 33.4. The summed E-state index contributed by atoms with van der Waals surface area (Å²) >= 11 is 0. The highest BCUT2D eigenvalue weighted by Crippen LogP contribution is 2.31. The molecule has 0 unspecified atom stereocenters. The molecule has 0 amide bonds. The quantitative estimate of drug-likeness (QED) is 0.701. The molecule has 0 radical (unpaired) electrons. The van der Waals surface area contributed by atoms with Crippen molar-refractivity contribution in [2.75, 3.05) is 19.1 Å². The fourth-order valence-electron chi connectivity index (χ4n) is 2.48. The summed E-state index contributed by atoms with van der Waals surface area (Å²) in [4.78, 5) is 1.78. The van der Waals surface area contributed by atoms with Gasteiger partial charge in [0.25, 0.3) is 0 Å². The van der Waals surface area contributed by atoms with E-state index in [4.69, 9.17) is 4.74 Å². The van der Waals surface area contributed by atoms with E-state index in [-0.39, 0.29) is 24.0 Å². The lowest BCUT2D eigenvalue weighted by Crippen LogP contribution is -2.14. The SMILES string of the molecule is COc1cc(F)ccc1-c1nnc(N(C)c2ccc(F)cc2)n1C.Cl. The Kier molecular flexibility index (Phi) is 5.58. The van der Waals surface area contributed by atoms with E-state index in [0.717, 1.165) is 5.69 Å². The van der Waals surface area contributed by atoms with Crippen molar-refractivity contribution in [1.29, 1.82) is 0 Å². The Bertz CT molecular complexity index is 868. The third-order valence-electron chi connectivity index (χ3n) is 3.77. The highest BCUT2D eigenvalue weighted by Gasteiger charge is 2.18. The van der Waals surface area contributed by atoms with E-state index in [1.54, 1.807) is 34.7 Å². The maximum absolute atomic E-state index is 13.4. The van der Waals surface area contributed by atoms with Crippen molar-refractivity contribution in [2.24, 2.45) is 7.05 Å². The highest BCUT2D eigenvalue weighted by molar-refractivity contribution is 5.85. The molecular weight excluding hydrogens is 350 g/mol. The van der Waals surface area contributed by atoms with Crippen LogP contribution in [-0.2, 0) is 7.05 Å². The molecule has 0 N–H and O–H groups in total. The summed E-state index contributed by atoms with van der Waals surface area (Å²) in [6.45, 7) is 0. The summed E-state index contributed by atoms with van der Waals surface area (Å²) in [6, 6.07) is 10.3. The number of benzene rings is 2. The molecule has 0 spiro atoms. The third kappa shape index (κ3) is 3.56. The summed E-state index contributed by atoms with van der Waals surface area (Å²) in [5, 5.41) is 8.37. The lowest BCUT2D eigenvalue weighted by molar-refractivity contribution is 0.412. The zero-order chi connectivity index (χ0) is 17.3. The number of hydrogen-bond donors (Lipinski definition) is 0. The smallest absolute Gasteiger partial charge is 0.231 e. The van der Waals surface area contributed by atoms with Crippen LogP contribution < -0.4 is 9.64 Å². The molecule has 2 aromatic carbocycles. The van der Waals surface area contributed by atoms with E-state index in [2.05, 4.69) is 10.2 Å². The van der Waals surface area contributed by atoms with Crippen LogP contribution in [0.5, 0.6) is 5.75 Å². The van der Waals surface area contributed by atoms with Crippen LogP contribution in [0.2, 0.25) is 0 Å². The van der Waals surface area contributed by atoms with Crippen LogP contribution in [0.25, 0.3) is 11.4 Å². The Morgan fingerprint density at radius 3 is 2.28 bits per heavy atom. The fourth-order valence-corrected chi connectivity index (χ4v) is 2.48. The first-order valence-corrected chi connectivity index (χ1v) is 7.24. The van der Waals surface area contributed by atoms with Crippen molar-refractivity contribution >= 4 is 24.0 Å². The number of nitrogens with zero attached hydrogens (tertiary/aromatic N) is 4. The molecule has 5 nitrogen and oxygen atoms in total. The maximum atomic E-state index is 13.4. The molecule has 3 aromatic rings. The fraction of sp³-hybridized carbons (Fsp3) is 0.176. The molecule has 1 heterocycles. The predicted molar refractivity (Wildman–Crippen MR) is 94.7 cm³/mol. The van der Waals surface area contributed by atoms with Gasteiger partial charge in [0, 0.05) is 25.8 Å². The normalized spacial score (nSPS) is 10.3. The number of hydrogen-bond acceptors (Lipinski definition) is 4. The van der Waals surface area contributed by atoms with Crippen LogP contribution in [-0.4, -0.2) is 28.9 Å². The maximum Gasteiger partial charge on any atom is 0.231 e. The van der Waals surface area contributed by atoms with E-state index < -0.39 is 0 Å². The van der Waals surface area contributed by atoms with E-state index >= 15 is 0 Å².